The summed E-state index contributed by atoms with van der Waals surface area (Å²) in [4.78, 5) is 15.2. The Morgan fingerprint density at radius 1 is 0.913 bits per heavy atom. The van der Waals surface area contributed by atoms with Crippen LogP contribution in [0.3, 0.4) is 0 Å². The Hall–Kier alpha value is -2.75. The predicted molar refractivity (Wildman–Crippen MR) is 154 cm³/mol. The second kappa shape index (κ2) is 13.4. The van der Waals surface area contributed by atoms with E-state index < -0.39 is 50.4 Å². The summed E-state index contributed by atoms with van der Waals surface area (Å²) in [6, 6.07) is 5.99. The first-order valence-corrected chi connectivity index (χ1v) is 16.7. The van der Waals surface area contributed by atoms with Gasteiger partial charge >= 0.3 is 18.3 Å². The maximum absolute atomic E-state index is 14.2. The number of alkyl halides is 6. The fraction of sp³-hybridized carbons (Fsp3) is 0.581. The minimum atomic E-state index is -5.17. The number of nitrogens with zero attached hydrogens (tertiary/aromatic N) is 2. The zero-order valence-electron chi connectivity index (χ0n) is 24.8. The number of hydrogen-bond acceptors (Lipinski definition) is 5. The van der Waals surface area contributed by atoms with E-state index in [0.717, 1.165) is 18.4 Å². The molecule has 254 valence electrons. The molecule has 3 fully saturated rings. The summed E-state index contributed by atoms with van der Waals surface area (Å²) < 4.78 is 121. The molecule has 3 atom stereocenters. The van der Waals surface area contributed by atoms with Gasteiger partial charge in [-0.1, -0.05) is 25.0 Å². The molecule has 2 aromatic rings. The average Bonchev–Trinajstić information content (AvgIpc) is 3.72. The molecule has 15 heteroatoms. The number of rotatable bonds is 11. The van der Waals surface area contributed by atoms with Gasteiger partial charge in [-0.15, -0.1) is 0 Å². The van der Waals surface area contributed by atoms with E-state index in [1.807, 2.05) is 11.0 Å². The molecule has 1 saturated carbocycles. The molecule has 2 heterocycles. The lowest BCUT2D eigenvalue weighted by molar-refractivity contribution is -0.144. The number of benzene rings is 2. The summed E-state index contributed by atoms with van der Waals surface area (Å²) in [6.07, 6.45) is -6.67. The SMILES string of the molecule is O=C(O)C(CC1CC1)N1CC(CN2CCC(CNS(=O)(=O)c3cc(C(F)(F)F)cc(C(F)(F)F)c3)CC2)C(c2cccc(F)c2)C1. The number of piperidine rings is 1. The molecule has 0 amide bonds. The van der Waals surface area contributed by atoms with Gasteiger partial charge in [0.25, 0.3) is 0 Å². The summed E-state index contributed by atoms with van der Waals surface area (Å²) >= 11 is 0. The van der Waals surface area contributed by atoms with Crippen LogP contribution in [0.25, 0.3) is 0 Å². The van der Waals surface area contributed by atoms with Crippen LogP contribution in [0.2, 0.25) is 0 Å². The molecule has 2 aliphatic heterocycles. The van der Waals surface area contributed by atoms with Gasteiger partial charge in [-0.2, -0.15) is 26.3 Å². The van der Waals surface area contributed by atoms with E-state index in [-0.39, 0.29) is 48.3 Å². The molecule has 3 unspecified atom stereocenters. The average molecular weight is 680 g/mol. The maximum atomic E-state index is 14.2. The van der Waals surface area contributed by atoms with Crippen LogP contribution in [0.1, 0.15) is 54.7 Å². The molecular weight excluding hydrogens is 643 g/mol. The minimum Gasteiger partial charge on any atom is -0.480 e. The number of carboxylic acid groups (broad SMARTS) is 1. The topological polar surface area (TPSA) is 89.9 Å². The van der Waals surface area contributed by atoms with Crippen molar-refractivity contribution in [3.05, 3.63) is 65.0 Å². The Kier molecular flexibility index (Phi) is 10.1. The first-order valence-electron chi connectivity index (χ1n) is 15.2. The largest absolute Gasteiger partial charge is 0.480 e. The Morgan fingerprint density at radius 3 is 2.09 bits per heavy atom. The molecular formula is C31H36F7N3O4S. The van der Waals surface area contributed by atoms with Crippen molar-refractivity contribution in [3.63, 3.8) is 0 Å². The highest BCUT2D eigenvalue weighted by molar-refractivity contribution is 7.89. The Labute approximate surface area is 262 Å². The van der Waals surface area contributed by atoms with Crippen molar-refractivity contribution < 1.29 is 49.1 Å². The number of hydrogen-bond donors (Lipinski definition) is 2. The lowest BCUT2D eigenvalue weighted by Gasteiger charge is -2.35. The van der Waals surface area contributed by atoms with E-state index in [1.165, 1.54) is 12.1 Å². The van der Waals surface area contributed by atoms with Gasteiger partial charge < -0.3 is 10.0 Å². The Morgan fingerprint density at radius 2 is 1.54 bits per heavy atom. The standard InChI is InChI=1S/C31H36F7N3O4S/c32-25-3-1-2-21(11-25)27-18-41(28(29(42)43)10-19-4-5-19)17-22(27)16-40-8-6-20(7-9-40)15-39-46(44,45)26-13-23(30(33,34)35)12-24(14-26)31(36,37)38/h1-3,11-14,19-20,22,27-28,39H,4-10,15-18H2,(H,42,43). The highest BCUT2D eigenvalue weighted by Crippen LogP contribution is 2.40. The summed E-state index contributed by atoms with van der Waals surface area (Å²) in [7, 11) is -4.67. The smallest absolute Gasteiger partial charge is 0.416 e. The molecule has 0 spiro atoms. The van der Waals surface area contributed by atoms with Crippen molar-refractivity contribution in [3.8, 4) is 0 Å². The molecule has 2 aromatic carbocycles. The molecule has 0 radical (unpaired) electrons. The van der Waals surface area contributed by atoms with Gasteiger partial charge in [0.1, 0.15) is 11.9 Å². The Bertz CT molecular complexity index is 1470. The van der Waals surface area contributed by atoms with Crippen molar-refractivity contribution in [1.82, 2.24) is 14.5 Å². The summed E-state index contributed by atoms with van der Waals surface area (Å²) in [5, 5.41) is 9.97. The van der Waals surface area contributed by atoms with Crippen LogP contribution in [-0.2, 0) is 27.2 Å². The third kappa shape index (κ3) is 8.58. The van der Waals surface area contributed by atoms with Gasteiger partial charge in [0, 0.05) is 32.1 Å². The Balaban J connectivity index is 1.21. The molecule has 2 N–H and O–H groups in total. The van der Waals surface area contributed by atoms with Crippen LogP contribution < -0.4 is 4.72 Å². The third-order valence-corrected chi connectivity index (χ3v) is 10.8. The van der Waals surface area contributed by atoms with Crippen LogP contribution in [0.4, 0.5) is 30.7 Å². The first-order chi connectivity index (χ1) is 21.5. The second-order valence-corrected chi connectivity index (χ2v) is 14.5. The summed E-state index contributed by atoms with van der Waals surface area (Å²) in [6.45, 7) is 2.59. The zero-order valence-corrected chi connectivity index (χ0v) is 25.6. The van der Waals surface area contributed by atoms with E-state index in [0.29, 0.717) is 57.9 Å². The van der Waals surface area contributed by atoms with Crippen molar-refractivity contribution >= 4 is 16.0 Å². The molecule has 0 bridgehead atoms. The van der Waals surface area contributed by atoms with Gasteiger partial charge in [-0.25, -0.2) is 17.5 Å². The van der Waals surface area contributed by atoms with E-state index >= 15 is 0 Å². The van der Waals surface area contributed by atoms with Gasteiger partial charge in [-0.3, -0.25) is 9.69 Å². The van der Waals surface area contributed by atoms with Crippen LogP contribution in [-0.4, -0.2) is 74.6 Å². The fourth-order valence-electron chi connectivity index (χ4n) is 6.63. The molecule has 1 aliphatic carbocycles. The van der Waals surface area contributed by atoms with Crippen LogP contribution >= 0.6 is 0 Å². The van der Waals surface area contributed by atoms with E-state index in [1.54, 1.807) is 6.07 Å². The summed E-state index contributed by atoms with van der Waals surface area (Å²) in [5.41, 5.74) is -2.61. The number of carboxylic acids is 1. The number of carbonyl (C=O) groups is 1. The van der Waals surface area contributed by atoms with Crippen LogP contribution in [0.5, 0.6) is 0 Å². The third-order valence-electron chi connectivity index (χ3n) is 9.36. The number of likely N-dealkylation sites (tertiary alicyclic amines) is 2. The lowest BCUT2D eigenvalue weighted by atomic mass is 9.87. The van der Waals surface area contributed by atoms with Crippen molar-refractivity contribution in [2.75, 3.05) is 39.3 Å². The summed E-state index contributed by atoms with van der Waals surface area (Å²) in [5.74, 6) is -1.10. The van der Waals surface area contributed by atoms with Gasteiger partial charge in [0.15, 0.2) is 0 Å². The highest BCUT2D eigenvalue weighted by atomic mass is 32.2. The zero-order chi connectivity index (χ0) is 33.4. The lowest BCUT2D eigenvalue weighted by Crippen LogP contribution is -2.42. The predicted octanol–water partition coefficient (Wildman–Crippen LogP) is 5.82. The van der Waals surface area contributed by atoms with Crippen LogP contribution in [0, 0.1) is 23.6 Å². The molecule has 46 heavy (non-hydrogen) atoms. The van der Waals surface area contributed by atoms with E-state index in [2.05, 4.69) is 9.62 Å². The number of aliphatic carboxylic acids is 1. The van der Waals surface area contributed by atoms with E-state index in [9.17, 15) is 49.1 Å². The van der Waals surface area contributed by atoms with Crippen LogP contribution in [0.15, 0.2) is 47.4 Å². The number of nitrogens with one attached hydrogen (secondary N) is 1. The highest BCUT2D eigenvalue weighted by Gasteiger charge is 2.43. The molecule has 2 saturated heterocycles. The van der Waals surface area contributed by atoms with Crippen molar-refractivity contribution in [2.24, 2.45) is 17.8 Å². The molecule has 7 nitrogen and oxygen atoms in total. The van der Waals surface area contributed by atoms with Gasteiger partial charge in [0.2, 0.25) is 10.0 Å². The molecule has 3 aliphatic rings. The number of halogens is 7. The quantitative estimate of drug-likeness (QED) is 0.291. The van der Waals surface area contributed by atoms with Crippen molar-refractivity contribution in [1.29, 1.82) is 0 Å². The maximum Gasteiger partial charge on any atom is 0.416 e. The monoisotopic (exact) mass is 679 g/mol. The van der Waals surface area contributed by atoms with Gasteiger partial charge in [-0.05, 0) is 86.0 Å². The van der Waals surface area contributed by atoms with E-state index in [4.69, 9.17) is 0 Å². The molecule has 0 aromatic heterocycles. The fourth-order valence-corrected chi connectivity index (χ4v) is 7.82. The van der Waals surface area contributed by atoms with Gasteiger partial charge in [0.05, 0.1) is 16.0 Å². The normalized spacial score (nSPS) is 23.1. The molecule has 5 rings (SSSR count). The first kappa shape index (κ1) is 34.6. The minimum absolute atomic E-state index is 0.0154. The number of sulfonamides is 1. The van der Waals surface area contributed by atoms with Crippen molar-refractivity contribution in [2.45, 2.75) is 61.3 Å². The second-order valence-electron chi connectivity index (χ2n) is 12.7.